The molecule has 2 saturated heterocycles. The van der Waals surface area contributed by atoms with Crippen LogP contribution in [0.4, 0.5) is 11.4 Å². The quantitative estimate of drug-likeness (QED) is 0.818. The first kappa shape index (κ1) is 21.1. The number of amides is 3. The average molecular weight is 420 g/mol. The van der Waals surface area contributed by atoms with Crippen LogP contribution in [0.3, 0.4) is 0 Å². The summed E-state index contributed by atoms with van der Waals surface area (Å²) in [6, 6.07) is 14.7. The zero-order chi connectivity index (χ0) is 22.0. The first-order valence-electron chi connectivity index (χ1n) is 11.0. The second kappa shape index (κ2) is 8.92. The van der Waals surface area contributed by atoms with Crippen LogP contribution in [-0.4, -0.2) is 42.3 Å². The van der Waals surface area contributed by atoms with Gasteiger partial charge in [0.25, 0.3) is 5.91 Å². The van der Waals surface area contributed by atoms with Crippen molar-refractivity contribution in [2.45, 2.75) is 33.1 Å². The molecule has 2 fully saturated rings. The standard InChI is InChI=1S/C25H29N3O3/c1-17-9-11-27(12-10-17)25(31)20-15-23(29)28(16-20)22-8-4-6-19(14-22)24(30)26-21-7-3-5-18(2)13-21/h3-8,13-14,17,20H,9-12,15-16H2,1-2H3,(H,26,30)/t20-/m1/s1. The van der Waals surface area contributed by atoms with Crippen molar-refractivity contribution in [3.05, 3.63) is 59.7 Å². The van der Waals surface area contributed by atoms with Gasteiger partial charge in [0.2, 0.25) is 11.8 Å². The number of anilines is 2. The molecule has 1 N–H and O–H groups in total. The molecule has 31 heavy (non-hydrogen) atoms. The SMILES string of the molecule is Cc1cccc(NC(=O)c2cccc(N3C[C@H](C(=O)N4CCC(C)CC4)CC3=O)c2)c1. The lowest BCUT2D eigenvalue weighted by molar-refractivity contribution is -0.137. The van der Waals surface area contributed by atoms with Crippen molar-refractivity contribution in [1.29, 1.82) is 0 Å². The molecule has 6 heteroatoms. The van der Waals surface area contributed by atoms with E-state index in [1.54, 1.807) is 23.1 Å². The average Bonchev–Trinajstić information content (AvgIpc) is 3.15. The van der Waals surface area contributed by atoms with E-state index in [4.69, 9.17) is 0 Å². The third-order valence-corrected chi connectivity index (χ3v) is 6.27. The van der Waals surface area contributed by atoms with Crippen molar-refractivity contribution < 1.29 is 14.4 Å². The molecule has 0 aliphatic carbocycles. The Bertz CT molecular complexity index is 995. The summed E-state index contributed by atoms with van der Waals surface area (Å²) in [5, 5.41) is 2.90. The van der Waals surface area contributed by atoms with Crippen LogP contribution in [0, 0.1) is 18.8 Å². The maximum absolute atomic E-state index is 12.9. The second-order valence-corrected chi connectivity index (χ2v) is 8.79. The van der Waals surface area contributed by atoms with Crippen molar-refractivity contribution in [3.8, 4) is 0 Å². The molecule has 0 aromatic heterocycles. The van der Waals surface area contributed by atoms with Gasteiger partial charge in [-0.15, -0.1) is 0 Å². The molecule has 0 bridgehead atoms. The topological polar surface area (TPSA) is 69.7 Å². The molecule has 0 unspecified atom stereocenters. The molecule has 2 aliphatic rings. The summed E-state index contributed by atoms with van der Waals surface area (Å²) < 4.78 is 0. The van der Waals surface area contributed by atoms with Crippen LogP contribution in [-0.2, 0) is 9.59 Å². The van der Waals surface area contributed by atoms with Gasteiger partial charge in [-0.1, -0.05) is 25.1 Å². The number of carbonyl (C=O) groups excluding carboxylic acids is 3. The Morgan fingerprint density at radius 1 is 1.03 bits per heavy atom. The van der Waals surface area contributed by atoms with Crippen molar-refractivity contribution in [1.82, 2.24) is 4.90 Å². The highest BCUT2D eigenvalue weighted by Gasteiger charge is 2.38. The van der Waals surface area contributed by atoms with Crippen molar-refractivity contribution >= 4 is 29.1 Å². The highest BCUT2D eigenvalue weighted by atomic mass is 16.2. The molecule has 4 rings (SSSR count). The molecule has 2 aromatic carbocycles. The Labute approximate surface area is 183 Å². The Morgan fingerprint density at radius 3 is 2.52 bits per heavy atom. The summed E-state index contributed by atoms with van der Waals surface area (Å²) in [5.41, 5.74) is 2.93. The van der Waals surface area contributed by atoms with Gasteiger partial charge in [0.05, 0.1) is 5.92 Å². The summed E-state index contributed by atoms with van der Waals surface area (Å²) in [7, 11) is 0. The van der Waals surface area contributed by atoms with E-state index in [-0.39, 0.29) is 30.1 Å². The van der Waals surface area contributed by atoms with E-state index in [1.807, 2.05) is 42.2 Å². The third-order valence-electron chi connectivity index (χ3n) is 6.27. The van der Waals surface area contributed by atoms with Crippen LogP contribution in [0.1, 0.15) is 42.1 Å². The van der Waals surface area contributed by atoms with E-state index in [2.05, 4.69) is 12.2 Å². The predicted octanol–water partition coefficient (Wildman–Crippen LogP) is 3.86. The summed E-state index contributed by atoms with van der Waals surface area (Å²) in [6.07, 6.45) is 2.27. The Kier molecular flexibility index (Phi) is 6.07. The monoisotopic (exact) mass is 419 g/mol. The number of rotatable bonds is 4. The summed E-state index contributed by atoms with van der Waals surface area (Å²) >= 11 is 0. The molecule has 6 nitrogen and oxygen atoms in total. The Morgan fingerprint density at radius 2 is 1.77 bits per heavy atom. The van der Waals surface area contributed by atoms with Gasteiger partial charge in [0.1, 0.15) is 0 Å². The number of piperidine rings is 1. The summed E-state index contributed by atoms with van der Waals surface area (Å²) in [4.78, 5) is 41.9. The number of nitrogens with one attached hydrogen (secondary N) is 1. The fourth-order valence-electron chi connectivity index (χ4n) is 4.35. The van der Waals surface area contributed by atoms with Crippen LogP contribution in [0.15, 0.2) is 48.5 Å². The Hall–Kier alpha value is -3.15. The normalized spacial score (nSPS) is 19.5. The lowest BCUT2D eigenvalue weighted by Crippen LogP contribution is -2.42. The van der Waals surface area contributed by atoms with E-state index in [0.29, 0.717) is 23.7 Å². The van der Waals surface area contributed by atoms with E-state index in [0.717, 1.165) is 37.2 Å². The molecule has 0 spiro atoms. The fourth-order valence-corrected chi connectivity index (χ4v) is 4.35. The maximum atomic E-state index is 12.9. The number of likely N-dealkylation sites (tertiary alicyclic amines) is 1. The molecule has 2 aliphatic heterocycles. The van der Waals surface area contributed by atoms with Gasteiger partial charge >= 0.3 is 0 Å². The van der Waals surface area contributed by atoms with E-state index >= 15 is 0 Å². The van der Waals surface area contributed by atoms with Gasteiger partial charge in [-0.05, 0) is 61.6 Å². The molecule has 0 radical (unpaired) electrons. The Balaban J connectivity index is 1.44. The number of benzene rings is 2. The van der Waals surface area contributed by atoms with Crippen LogP contribution in [0.25, 0.3) is 0 Å². The maximum Gasteiger partial charge on any atom is 0.255 e. The highest BCUT2D eigenvalue weighted by molar-refractivity contribution is 6.06. The number of aryl methyl sites for hydroxylation is 1. The van der Waals surface area contributed by atoms with Crippen LogP contribution in [0.2, 0.25) is 0 Å². The number of hydrogen-bond acceptors (Lipinski definition) is 3. The van der Waals surface area contributed by atoms with Crippen LogP contribution < -0.4 is 10.2 Å². The molecular formula is C25H29N3O3. The van der Waals surface area contributed by atoms with Gasteiger partial charge in [0, 0.05) is 43.0 Å². The van der Waals surface area contributed by atoms with E-state index < -0.39 is 0 Å². The zero-order valence-corrected chi connectivity index (χ0v) is 18.1. The van der Waals surface area contributed by atoms with Crippen LogP contribution in [0.5, 0.6) is 0 Å². The number of nitrogens with zero attached hydrogens (tertiary/aromatic N) is 2. The first-order valence-corrected chi connectivity index (χ1v) is 11.0. The molecule has 1 atom stereocenters. The van der Waals surface area contributed by atoms with Crippen molar-refractivity contribution in [3.63, 3.8) is 0 Å². The molecule has 2 aromatic rings. The van der Waals surface area contributed by atoms with E-state index in [1.165, 1.54) is 0 Å². The van der Waals surface area contributed by atoms with Crippen molar-refractivity contribution in [2.24, 2.45) is 11.8 Å². The molecule has 0 saturated carbocycles. The minimum Gasteiger partial charge on any atom is -0.342 e. The van der Waals surface area contributed by atoms with Gasteiger partial charge in [-0.3, -0.25) is 14.4 Å². The predicted molar refractivity (Wildman–Crippen MR) is 121 cm³/mol. The number of hydrogen-bond donors (Lipinski definition) is 1. The molecule has 2 heterocycles. The van der Waals surface area contributed by atoms with E-state index in [9.17, 15) is 14.4 Å². The zero-order valence-electron chi connectivity index (χ0n) is 18.1. The fraction of sp³-hybridized carbons (Fsp3) is 0.400. The minimum absolute atomic E-state index is 0.0695. The highest BCUT2D eigenvalue weighted by Crippen LogP contribution is 2.28. The molecule has 162 valence electrons. The lowest BCUT2D eigenvalue weighted by Gasteiger charge is -2.32. The second-order valence-electron chi connectivity index (χ2n) is 8.79. The minimum atomic E-state index is -0.314. The molecule has 3 amide bonds. The largest absolute Gasteiger partial charge is 0.342 e. The summed E-state index contributed by atoms with van der Waals surface area (Å²) in [5.74, 6) is 0.121. The van der Waals surface area contributed by atoms with Gasteiger partial charge in [0.15, 0.2) is 0 Å². The van der Waals surface area contributed by atoms with Gasteiger partial charge < -0.3 is 15.1 Å². The first-order chi connectivity index (χ1) is 14.9. The van der Waals surface area contributed by atoms with Crippen LogP contribution >= 0.6 is 0 Å². The summed E-state index contributed by atoms with van der Waals surface area (Å²) in [6.45, 7) is 6.10. The third kappa shape index (κ3) is 4.79. The lowest BCUT2D eigenvalue weighted by atomic mass is 9.97. The van der Waals surface area contributed by atoms with Gasteiger partial charge in [-0.25, -0.2) is 0 Å². The van der Waals surface area contributed by atoms with Crippen molar-refractivity contribution in [2.75, 3.05) is 29.9 Å². The smallest absolute Gasteiger partial charge is 0.255 e. The number of carbonyl (C=O) groups is 3. The molecular weight excluding hydrogens is 390 g/mol. The van der Waals surface area contributed by atoms with Gasteiger partial charge in [-0.2, -0.15) is 0 Å².